The SMILES string of the molecule is COc1cc(OC)cc(C(=O)Nc2cccc(-c3cn4cccnc4n3)c2)c1. The largest absolute Gasteiger partial charge is 0.497 e. The van der Waals surface area contributed by atoms with Gasteiger partial charge < -0.3 is 14.8 Å². The number of aromatic nitrogens is 3. The lowest BCUT2D eigenvalue weighted by Gasteiger charge is -2.10. The Morgan fingerprint density at radius 1 is 1.04 bits per heavy atom. The third kappa shape index (κ3) is 3.50. The standard InChI is InChI=1S/C21H18N4O3/c1-27-17-10-15(11-18(12-17)28-2)20(26)23-16-6-3-5-14(9-16)19-13-25-8-4-7-22-21(25)24-19/h3-13H,1-2H3,(H,23,26). The van der Waals surface area contributed by atoms with E-state index in [-0.39, 0.29) is 5.91 Å². The fraction of sp³-hybridized carbons (Fsp3) is 0.0952. The maximum absolute atomic E-state index is 12.7. The summed E-state index contributed by atoms with van der Waals surface area (Å²) in [6.45, 7) is 0. The molecule has 0 aliphatic rings. The van der Waals surface area contributed by atoms with Gasteiger partial charge in [-0.1, -0.05) is 12.1 Å². The average Bonchev–Trinajstić information content (AvgIpc) is 3.18. The molecule has 0 aliphatic heterocycles. The number of hydrogen-bond donors (Lipinski definition) is 1. The Balaban J connectivity index is 1.60. The zero-order chi connectivity index (χ0) is 19.5. The van der Waals surface area contributed by atoms with E-state index in [1.807, 2.05) is 47.1 Å². The number of hydrogen-bond acceptors (Lipinski definition) is 5. The van der Waals surface area contributed by atoms with E-state index in [0.717, 1.165) is 11.3 Å². The highest BCUT2D eigenvalue weighted by Gasteiger charge is 2.11. The molecule has 0 atom stereocenters. The van der Waals surface area contributed by atoms with Crippen LogP contribution in [-0.4, -0.2) is 34.5 Å². The van der Waals surface area contributed by atoms with Gasteiger partial charge in [0, 0.05) is 41.5 Å². The molecule has 0 saturated carbocycles. The molecule has 0 bridgehead atoms. The van der Waals surface area contributed by atoms with Gasteiger partial charge in [0.15, 0.2) is 0 Å². The third-order valence-corrected chi connectivity index (χ3v) is 4.27. The summed E-state index contributed by atoms with van der Waals surface area (Å²) in [6, 6.07) is 14.4. The van der Waals surface area contributed by atoms with Gasteiger partial charge in [0.25, 0.3) is 5.91 Å². The van der Waals surface area contributed by atoms with Crippen molar-refractivity contribution in [2.75, 3.05) is 19.5 Å². The van der Waals surface area contributed by atoms with Gasteiger partial charge >= 0.3 is 0 Å². The summed E-state index contributed by atoms with van der Waals surface area (Å²) in [6.07, 6.45) is 5.49. The molecule has 1 amide bonds. The van der Waals surface area contributed by atoms with Crippen molar-refractivity contribution in [3.05, 3.63) is 72.7 Å². The summed E-state index contributed by atoms with van der Waals surface area (Å²) in [4.78, 5) is 21.4. The number of ether oxygens (including phenoxy) is 2. The van der Waals surface area contributed by atoms with E-state index in [1.54, 1.807) is 38.6 Å². The first-order valence-corrected chi connectivity index (χ1v) is 8.61. The van der Waals surface area contributed by atoms with Crippen LogP contribution in [0, 0.1) is 0 Å². The van der Waals surface area contributed by atoms with E-state index in [1.165, 1.54) is 0 Å². The first-order chi connectivity index (χ1) is 13.7. The van der Waals surface area contributed by atoms with Gasteiger partial charge in [-0.3, -0.25) is 9.20 Å². The second-order valence-corrected chi connectivity index (χ2v) is 6.09. The molecular weight excluding hydrogens is 356 g/mol. The van der Waals surface area contributed by atoms with Crippen molar-refractivity contribution < 1.29 is 14.3 Å². The van der Waals surface area contributed by atoms with Gasteiger partial charge in [-0.15, -0.1) is 0 Å². The van der Waals surface area contributed by atoms with Gasteiger partial charge in [0.05, 0.1) is 19.9 Å². The smallest absolute Gasteiger partial charge is 0.255 e. The second kappa shape index (κ2) is 7.40. The van der Waals surface area contributed by atoms with Gasteiger partial charge in [-0.25, -0.2) is 9.97 Å². The highest BCUT2D eigenvalue weighted by molar-refractivity contribution is 6.05. The summed E-state index contributed by atoms with van der Waals surface area (Å²) in [5.74, 6) is 1.47. The normalized spacial score (nSPS) is 10.6. The quantitative estimate of drug-likeness (QED) is 0.577. The molecule has 0 saturated heterocycles. The Kier molecular flexibility index (Phi) is 4.63. The maximum atomic E-state index is 12.7. The van der Waals surface area contributed by atoms with Gasteiger partial charge in [-0.05, 0) is 30.3 Å². The van der Waals surface area contributed by atoms with Crippen LogP contribution in [0.4, 0.5) is 5.69 Å². The summed E-state index contributed by atoms with van der Waals surface area (Å²) in [5.41, 5.74) is 2.76. The minimum absolute atomic E-state index is 0.258. The fourth-order valence-corrected chi connectivity index (χ4v) is 2.87. The lowest BCUT2D eigenvalue weighted by Crippen LogP contribution is -2.12. The van der Waals surface area contributed by atoms with E-state index in [9.17, 15) is 4.79 Å². The molecule has 1 N–H and O–H groups in total. The molecule has 4 aromatic rings. The number of imidazole rings is 1. The number of carbonyl (C=O) groups is 1. The number of nitrogens with zero attached hydrogens (tertiary/aromatic N) is 3. The van der Waals surface area contributed by atoms with E-state index in [2.05, 4.69) is 15.3 Å². The van der Waals surface area contributed by atoms with E-state index in [4.69, 9.17) is 9.47 Å². The van der Waals surface area contributed by atoms with Crippen LogP contribution in [0.15, 0.2) is 67.1 Å². The Hall–Kier alpha value is -3.87. The van der Waals surface area contributed by atoms with Crippen LogP contribution in [-0.2, 0) is 0 Å². The number of fused-ring (bicyclic) bond motifs is 1. The van der Waals surface area contributed by atoms with Crippen molar-refractivity contribution in [2.24, 2.45) is 0 Å². The monoisotopic (exact) mass is 374 g/mol. The minimum atomic E-state index is -0.258. The van der Waals surface area contributed by atoms with Crippen LogP contribution in [0.3, 0.4) is 0 Å². The lowest BCUT2D eigenvalue weighted by atomic mass is 10.1. The van der Waals surface area contributed by atoms with Crippen LogP contribution in [0.5, 0.6) is 11.5 Å². The highest BCUT2D eigenvalue weighted by Crippen LogP contribution is 2.25. The second-order valence-electron chi connectivity index (χ2n) is 6.09. The Labute approximate surface area is 161 Å². The summed E-state index contributed by atoms with van der Waals surface area (Å²) < 4.78 is 12.3. The molecule has 2 aromatic heterocycles. The lowest BCUT2D eigenvalue weighted by molar-refractivity contribution is 0.102. The van der Waals surface area contributed by atoms with Gasteiger partial charge in [-0.2, -0.15) is 0 Å². The van der Waals surface area contributed by atoms with Crippen LogP contribution < -0.4 is 14.8 Å². The fourth-order valence-electron chi connectivity index (χ4n) is 2.87. The van der Waals surface area contributed by atoms with Crippen molar-refractivity contribution in [3.8, 4) is 22.8 Å². The number of nitrogens with one attached hydrogen (secondary N) is 1. The average molecular weight is 374 g/mol. The molecule has 0 unspecified atom stereocenters. The van der Waals surface area contributed by atoms with Crippen molar-refractivity contribution in [2.45, 2.75) is 0 Å². The first kappa shape index (κ1) is 17.5. The Bertz CT molecular complexity index is 1100. The third-order valence-electron chi connectivity index (χ3n) is 4.27. The first-order valence-electron chi connectivity index (χ1n) is 8.61. The molecule has 2 heterocycles. The summed E-state index contributed by atoms with van der Waals surface area (Å²) in [5, 5.41) is 2.90. The number of anilines is 1. The molecule has 7 heteroatoms. The molecule has 2 aromatic carbocycles. The van der Waals surface area contributed by atoms with Crippen LogP contribution >= 0.6 is 0 Å². The molecule has 0 spiro atoms. The predicted octanol–water partition coefficient (Wildman–Crippen LogP) is 3.67. The highest BCUT2D eigenvalue weighted by atomic mass is 16.5. The van der Waals surface area contributed by atoms with Gasteiger partial charge in [0.2, 0.25) is 5.78 Å². The van der Waals surface area contributed by atoms with Crippen molar-refractivity contribution in [1.29, 1.82) is 0 Å². The number of rotatable bonds is 5. The molecule has 0 aliphatic carbocycles. The van der Waals surface area contributed by atoms with E-state index in [0.29, 0.717) is 28.5 Å². The zero-order valence-electron chi connectivity index (χ0n) is 15.4. The molecule has 4 rings (SSSR count). The zero-order valence-corrected chi connectivity index (χ0v) is 15.4. The topological polar surface area (TPSA) is 77.8 Å². The molecule has 140 valence electrons. The summed E-state index contributed by atoms with van der Waals surface area (Å²) >= 11 is 0. The number of amides is 1. The van der Waals surface area contributed by atoms with Crippen molar-refractivity contribution in [1.82, 2.24) is 14.4 Å². The molecule has 7 nitrogen and oxygen atoms in total. The molecule has 0 fully saturated rings. The molecule has 28 heavy (non-hydrogen) atoms. The number of carbonyl (C=O) groups excluding carboxylic acids is 1. The number of methoxy groups -OCH3 is 2. The van der Waals surface area contributed by atoms with Gasteiger partial charge in [0.1, 0.15) is 11.5 Å². The minimum Gasteiger partial charge on any atom is -0.497 e. The van der Waals surface area contributed by atoms with Crippen molar-refractivity contribution >= 4 is 17.4 Å². The van der Waals surface area contributed by atoms with Crippen molar-refractivity contribution in [3.63, 3.8) is 0 Å². The van der Waals surface area contributed by atoms with E-state index >= 15 is 0 Å². The van der Waals surface area contributed by atoms with Crippen LogP contribution in [0.2, 0.25) is 0 Å². The Morgan fingerprint density at radius 3 is 2.54 bits per heavy atom. The van der Waals surface area contributed by atoms with E-state index < -0.39 is 0 Å². The predicted molar refractivity (Wildman–Crippen MR) is 106 cm³/mol. The summed E-state index contributed by atoms with van der Waals surface area (Å²) in [7, 11) is 3.09. The Morgan fingerprint density at radius 2 is 1.82 bits per heavy atom. The number of benzene rings is 2. The van der Waals surface area contributed by atoms with Crippen LogP contribution in [0.25, 0.3) is 17.0 Å². The maximum Gasteiger partial charge on any atom is 0.255 e. The molecular formula is C21H18N4O3. The molecule has 0 radical (unpaired) electrons. The van der Waals surface area contributed by atoms with Crippen LogP contribution in [0.1, 0.15) is 10.4 Å².